The van der Waals surface area contributed by atoms with Gasteiger partial charge in [-0.05, 0) is 36.2 Å². The number of nitrogens with one attached hydrogen (secondary N) is 1. The Kier molecular flexibility index (Phi) is 5.65. The molecule has 1 saturated carbocycles. The molecule has 8 nitrogen and oxygen atoms in total. The topological polar surface area (TPSA) is 101 Å². The Morgan fingerprint density at radius 3 is 2.56 bits per heavy atom. The summed E-state index contributed by atoms with van der Waals surface area (Å²) in [6, 6.07) is 15.0. The van der Waals surface area contributed by atoms with Gasteiger partial charge in [0, 0.05) is 36.8 Å². The lowest BCUT2D eigenvalue weighted by atomic mass is 9.99. The largest absolute Gasteiger partial charge is 0.462 e. The number of aryl methyl sites for hydroxylation is 1. The number of amides is 2. The number of aliphatic hydroxyl groups is 1. The van der Waals surface area contributed by atoms with Gasteiger partial charge in [0.05, 0.1) is 16.7 Å². The molecule has 2 aromatic carbocycles. The molecule has 2 aliphatic rings. The molecule has 2 amide bonds. The minimum absolute atomic E-state index is 0.0201. The first kappa shape index (κ1) is 24.9. The lowest BCUT2D eigenvalue weighted by molar-refractivity contribution is -0.138. The first-order chi connectivity index (χ1) is 18.6. The van der Waals surface area contributed by atoms with Crippen molar-refractivity contribution in [2.24, 2.45) is 7.05 Å². The third kappa shape index (κ3) is 4.19. The van der Waals surface area contributed by atoms with E-state index in [1.54, 1.807) is 48.3 Å². The molecule has 0 radical (unpaired) electrons. The number of alkyl halides is 3. The Bertz CT molecular complexity index is 1590. The number of hydrogen-bond acceptors (Lipinski definition) is 5. The Morgan fingerprint density at radius 2 is 1.87 bits per heavy atom. The second kappa shape index (κ2) is 8.84. The molecule has 6 rings (SSSR count). The van der Waals surface area contributed by atoms with E-state index in [9.17, 15) is 27.9 Å². The molecule has 1 fully saturated rings. The van der Waals surface area contributed by atoms with Crippen molar-refractivity contribution in [3.05, 3.63) is 101 Å². The molecule has 3 heterocycles. The number of nitrogens with zero attached hydrogens (tertiary/aromatic N) is 3. The average Bonchev–Trinajstić information content (AvgIpc) is 3.21. The molecule has 2 N–H and O–H groups in total. The van der Waals surface area contributed by atoms with E-state index in [4.69, 9.17) is 4.42 Å². The standard InChI is InChI=1S/C28H23F3N4O4/c1-34-22(10-11-32-34)23-12-16(14-39-23)24(36)33-27(13-21(27)19-8-4-5-9-20(19)28(29,30)31)15-35-25(37)17-6-2-3-7-18(17)26(35)38/h2-12,14,21,25,37H,13,15H2,1H3,(H,33,36)/t21-,25?,27-/m0/s1. The maximum atomic E-state index is 13.9. The summed E-state index contributed by atoms with van der Waals surface area (Å²) < 4.78 is 48.8. The van der Waals surface area contributed by atoms with Gasteiger partial charge in [0.15, 0.2) is 12.0 Å². The summed E-state index contributed by atoms with van der Waals surface area (Å²) in [6.45, 7) is -0.184. The first-order valence-corrected chi connectivity index (χ1v) is 12.2. The van der Waals surface area contributed by atoms with Gasteiger partial charge in [0.25, 0.3) is 11.8 Å². The fourth-order valence-electron chi connectivity index (χ4n) is 5.44. The van der Waals surface area contributed by atoms with Crippen LogP contribution in [0.2, 0.25) is 0 Å². The summed E-state index contributed by atoms with van der Waals surface area (Å²) >= 11 is 0. The predicted molar refractivity (Wildman–Crippen MR) is 132 cm³/mol. The fourth-order valence-corrected chi connectivity index (χ4v) is 5.44. The van der Waals surface area contributed by atoms with Crippen molar-refractivity contribution in [1.29, 1.82) is 0 Å². The predicted octanol–water partition coefficient (Wildman–Crippen LogP) is 4.50. The third-order valence-corrected chi connectivity index (χ3v) is 7.49. The second-order valence-corrected chi connectivity index (χ2v) is 9.89. The second-order valence-electron chi connectivity index (χ2n) is 9.89. The number of rotatable bonds is 6. The molecule has 1 aliphatic carbocycles. The van der Waals surface area contributed by atoms with E-state index in [0.717, 1.165) is 6.07 Å². The van der Waals surface area contributed by atoms with Gasteiger partial charge in [-0.1, -0.05) is 36.4 Å². The van der Waals surface area contributed by atoms with E-state index >= 15 is 0 Å². The summed E-state index contributed by atoms with van der Waals surface area (Å²) in [5.74, 6) is -1.38. The Morgan fingerprint density at radius 1 is 1.15 bits per heavy atom. The third-order valence-electron chi connectivity index (χ3n) is 7.49. The fraction of sp³-hybridized carbons (Fsp3) is 0.250. The van der Waals surface area contributed by atoms with Crippen LogP contribution in [0.3, 0.4) is 0 Å². The van der Waals surface area contributed by atoms with E-state index in [2.05, 4.69) is 10.4 Å². The molecule has 1 aliphatic heterocycles. The molecule has 39 heavy (non-hydrogen) atoms. The first-order valence-electron chi connectivity index (χ1n) is 12.2. The summed E-state index contributed by atoms with van der Waals surface area (Å²) in [5, 5.41) is 17.9. The van der Waals surface area contributed by atoms with Crippen LogP contribution in [0.1, 0.15) is 56.0 Å². The highest BCUT2D eigenvalue weighted by molar-refractivity contribution is 5.99. The van der Waals surface area contributed by atoms with E-state index in [0.29, 0.717) is 22.6 Å². The van der Waals surface area contributed by atoms with Gasteiger partial charge in [-0.2, -0.15) is 18.3 Å². The number of aromatic nitrogens is 2. The number of carbonyl (C=O) groups is 2. The van der Waals surface area contributed by atoms with Gasteiger partial charge >= 0.3 is 6.18 Å². The average molecular weight is 537 g/mol. The molecule has 0 bridgehead atoms. The van der Waals surface area contributed by atoms with Crippen molar-refractivity contribution in [2.45, 2.75) is 30.3 Å². The monoisotopic (exact) mass is 536 g/mol. The zero-order valence-corrected chi connectivity index (χ0v) is 20.6. The number of furan rings is 1. The van der Waals surface area contributed by atoms with Crippen LogP contribution in [0.15, 0.2) is 77.5 Å². The smallest absolute Gasteiger partial charge is 0.416 e. The van der Waals surface area contributed by atoms with Crippen LogP contribution in [0.25, 0.3) is 11.5 Å². The van der Waals surface area contributed by atoms with E-state index < -0.39 is 41.2 Å². The molecule has 200 valence electrons. The molecule has 0 spiro atoms. The van der Waals surface area contributed by atoms with Crippen molar-refractivity contribution in [1.82, 2.24) is 20.0 Å². The van der Waals surface area contributed by atoms with Crippen LogP contribution in [0, 0.1) is 0 Å². The van der Waals surface area contributed by atoms with Gasteiger partial charge < -0.3 is 19.7 Å². The summed E-state index contributed by atoms with van der Waals surface area (Å²) in [6.07, 6.45) is -2.90. The molecular weight excluding hydrogens is 513 g/mol. The Balaban J connectivity index is 1.33. The number of halogens is 3. The van der Waals surface area contributed by atoms with Crippen molar-refractivity contribution in [3.8, 4) is 11.5 Å². The summed E-state index contributed by atoms with van der Waals surface area (Å²) in [4.78, 5) is 27.7. The number of benzene rings is 2. The zero-order valence-electron chi connectivity index (χ0n) is 20.6. The minimum Gasteiger partial charge on any atom is -0.462 e. The number of fused-ring (bicyclic) bond motifs is 1. The van der Waals surface area contributed by atoms with Crippen LogP contribution in [0.4, 0.5) is 13.2 Å². The summed E-state index contributed by atoms with van der Waals surface area (Å²) in [7, 11) is 1.72. The lowest BCUT2D eigenvalue weighted by Crippen LogP contribution is -2.48. The summed E-state index contributed by atoms with van der Waals surface area (Å²) in [5.41, 5.74) is -0.507. The highest BCUT2D eigenvalue weighted by Gasteiger charge is 2.60. The molecule has 11 heteroatoms. The molecule has 3 atom stereocenters. The highest BCUT2D eigenvalue weighted by Crippen LogP contribution is 2.55. The van der Waals surface area contributed by atoms with Crippen LogP contribution >= 0.6 is 0 Å². The number of hydrogen-bond donors (Lipinski definition) is 2. The van der Waals surface area contributed by atoms with E-state index in [1.165, 1.54) is 35.4 Å². The number of carbonyl (C=O) groups excluding carboxylic acids is 2. The van der Waals surface area contributed by atoms with E-state index in [1.807, 2.05) is 0 Å². The maximum Gasteiger partial charge on any atom is 0.416 e. The quantitative estimate of drug-likeness (QED) is 0.378. The van der Waals surface area contributed by atoms with Crippen LogP contribution in [-0.2, 0) is 13.2 Å². The van der Waals surface area contributed by atoms with Gasteiger partial charge in [0.1, 0.15) is 12.0 Å². The van der Waals surface area contributed by atoms with Crippen LogP contribution in [0.5, 0.6) is 0 Å². The van der Waals surface area contributed by atoms with Crippen LogP contribution < -0.4 is 5.32 Å². The van der Waals surface area contributed by atoms with Gasteiger partial charge in [-0.15, -0.1) is 0 Å². The van der Waals surface area contributed by atoms with Crippen molar-refractivity contribution < 1.29 is 32.3 Å². The minimum atomic E-state index is -4.60. The molecule has 1 unspecified atom stereocenters. The highest BCUT2D eigenvalue weighted by atomic mass is 19.4. The molecule has 2 aromatic heterocycles. The van der Waals surface area contributed by atoms with Gasteiger partial charge in [0.2, 0.25) is 0 Å². The molecule has 0 saturated heterocycles. The molecule has 4 aromatic rings. The van der Waals surface area contributed by atoms with Crippen molar-refractivity contribution in [2.75, 3.05) is 6.54 Å². The SMILES string of the molecule is Cn1nccc1-c1cc(C(=O)N[C@]2(CN3C(=O)c4ccccc4C3O)C[C@H]2c2ccccc2C(F)(F)F)co1. The van der Waals surface area contributed by atoms with Crippen molar-refractivity contribution >= 4 is 11.8 Å². The maximum absolute atomic E-state index is 13.9. The van der Waals surface area contributed by atoms with Crippen LogP contribution in [-0.4, -0.2) is 43.7 Å². The molecular formula is C28H23F3N4O4. The lowest BCUT2D eigenvalue weighted by Gasteiger charge is -2.29. The Labute approximate surface area is 220 Å². The zero-order chi connectivity index (χ0) is 27.5. The normalized spacial score (nSPS) is 22.2. The number of aliphatic hydroxyl groups excluding tert-OH is 1. The van der Waals surface area contributed by atoms with E-state index in [-0.39, 0.29) is 24.1 Å². The van der Waals surface area contributed by atoms with Gasteiger partial charge in [-0.25, -0.2) is 0 Å². The van der Waals surface area contributed by atoms with Gasteiger partial charge in [-0.3, -0.25) is 14.3 Å². The Hall–Kier alpha value is -4.38. The van der Waals surface area contributed by atoms with Crippen molar-refractivity contribution in [3.63, 3.8) is 0 Å².